The fourth-order valence-corrected chi connectivity index (χ4v) is 3.29. The summed E-state index contributed by atoms with van der Waals surface area (Å²) in [4.78, 5) is 0. The molecule has 29 heavy (non-hydrogen) atoms. The lowest BCUT2D eigenvalue weighted by Crippen LogP contribution is -2.55. The number of methoxy groups -OCH3 is 1. The van der Waals surface area contributed by atoms with Crippen LogP contribution in [0.25, 0.3) is 12.2 Å². The molecule has 3 rings (SSSR count). The van der Waals surface area contributed by atoms with Crippen molar-refractivity contribution in [2.75, 3.05) is 13.7 Å². The van der Waals surface area contributed by atoms with E-state index in [4.69, 9.17) is 9.47 Å². The Bertz CT molecular complexity index is 879. The first-order valence-corrected chi connectivity index (χ1v) is 9.03. The van der Waals surface area contributed by atoms with Gasteiger partial charge in [-0.25, -0.2) is 0 Å². The van der Waals surface area contributed by atoms with E-state index in [1.165, 1.54) is 25.3 Å². The number of rotatable bonds is 5. The molecule has 0 aromatic heterocycles. The molecule has 5 atom stereocenters. The highest BCUT2D eigenvalue weighted by Gasteiger charge is 2.44. The number of phenolic OH excluding ortho intramolecular Hbond substituents is 2. The number of aromatic hydroxyl groups is 2. The number of aliphatic hydroxyl groups excluding tert-OH is 4. The molecule has 0 unspecified atom stereocenters. The van der Waals surface area contributed by atoms with Gasteiger partial charge in [-0.2, -0.15) is 0 Å². The van der Waals surface area contributed by atoms with Gasteiger partial charge < -0.3 is 40.1 Å². The highest BCUT2D eigenvalue weighted by atomic mass is 16.5. The fourth-order valence-electron chi connectivity index (χ4n) is 3.29. The van der Waals surface area contributed by atoms with Crippen LogP contribution in [0.2, 0.25) is 0 Å². The highest BCUT2D eigenvalue weighted by molar-refractivity contribution is 5.71. The summed E-state index contributed by atoms with van der Waals surface area (Å²) in [5, 5.41) is 59.3. The topological polar surface area (TPSA) is 140 Å². The molecule has 0 saturated carbocycles. The molecule has 1 saturated heterocycles. The minimum Gasteiger partial charge on any atom is -0.508 e. The van der Waals surface area contributed by atoms with E-state index >= 15 is 0 Å². The van der Waals surface area contributed by atoms with Crippen molar-refractivity contribution in [3.05, 3.63) is 53.1 Å². The maximum absolute atomic E-state index is 10.3. The monoisotopic (exact) mass is 404 g/mol. The molecule has 1 aliphatic heterocycles. The zero-order chi connectivity index (χ0) is 21.1. The van der Waals surface area contributed by atoms with Crippen LogP contribution in [0.3, 0.4) is 0 Å². The Kier molecular flexibility index (Phi) is 6.41. The molecule has 1 fully saturated rings. The third kappa shape index (κ3) is 4.52. The van der Waals surface area contributed by atoms with Crippen LogP contribution < -0.4 is 4.74 Å². The van der Waals surface area contributed by atoms with E-state index in [1.807, 2.05) is 0 Å². The Labute approximate surface area is 167 Å². The van der Waals surface area contributed by atoms with Crippen molar-refractivity contribution in [3.8, 4) is 17.2 Å². The van der Waals surface area contributed by atoms with Gasteiger partial charge >= 0.3 is 0 Å². The smallest absolute Gasteiger partial charge is 0.161 e. The molecule has 8 heteroatoms. The molecule has 2 aromatic rings. The average molecular weight is 404 g/mol. The molecule has 0 aliphatic carbocycles. The number of hydrogen-bond acceptors (Lipinski definition) is 8. The van der Waals surface area contributed by atoms with Crippen molar-refractivity contribution in [2.45, 2.75) is 30.5 Å². The van der Waals surface area contributed by atoms with Crippen LogP contribution in [-0.4, -0.2) is 68.8 Å². The number of benzene rings is 2. The van der Waals surface area contributed by atoms with Gasteiger partial charge in [-0.3, -0.25) is 0 Å². The standard InChI is InChI=1S/C21H24O8/c1-28-16-8-11(4-5-15(16)24)2-3-12-6-13(9-14(23)7-12)21-20(27)19(26)18(25)17(10-22)29-21/h2-9,17-27H,10H2,1H3/b3-2-/t17-,18+,19+,20+,21-/m0/s1. The summed E-state index contributed by atoms with van der Waals surface area (Å²) in [6, 6.07) is 9.37. The summed E-state index contributed by atoms with van der Waals surface area (Å²) in [5.41, 5.74) is 1.71. The van der Waals surface area contributed by atoms with Crippen molar-refractivity contribution in [1.82, 2.24) is 0 Å². The van der Waals surface area contributed by atoms with Gasteiger partial charge in [0.25, 0.3) is 0 Å². The summed E-state index contributed by atoms with van der Waals surface area (Å²) >= 11 is 0. The zero-order valence-electron chi connectivity index (χ0n) is 15.7. The third-order valence-corrected chi connectivity index (χ3v) is 4.86. The maximum atomic E-state index is 10.3. The minimum absolute atomic E-state index is 0.0203. The minimum atomic E-state index is -1.50. The fraction of sp³-hybridized carbons (Fsp3) is 0.333. The second-order valence-electron chi connectivity index (χ2n) is 6.87. The first kappa shape index (κ1) is 21.1. The van der Waals surface area contributed by atoms with Gasteiger partial charge in [0.05, 0.1) is 13.7 Å². The van der Waals surface area contributed by atoms with Crippen molar-refractivity contribution in [3.63, 3.8) is 0 Å². The predicted octanol–water partition coefficient (Wildman–Crippen LogP) is 0.792. The highest BCUT2D eigenvalue weighted by Crippen LogP contribution is 2.35. The van der Waals surface area contributed by atoms with E-state index in [2.05, 4.69) is 0 Å². The normalized spacial score (nSPS) is 27.3. The first-order chi connectivity index (χ1) is 13.8. The molecule has 156 valence electrons. The summed E-state index contributed by atoms with van der Waals surface area (Å²) in [6.45, 7) is -0.532. The Morgan fingerprint density at radius 1 is 0.931 bits per heavy atom. The molecule has 6 N–H and O–H groups in total. The van der Waals surface area contributed by atoms with Crippen LogP contribution in [0.15, 0.2) is 36.4 Å². The lowest BCUT2D eigenvalue weighted by Gasteiger charge is -2.40. The lowest BCUT2D eigenvalue weighted by molar-refractivity contribution is -0.231. The van der Waals surface area contributed by atoms with E-state index in [0.717, 1.165) is 5.56 Å². The van der Waals surface area contributed by atoms with Gasteiger partial charge in [0.1, 0.15) is 36.3 Å². The van der Waals surface area contributed by atoms with Gasteiger partial charge in [-0.1, -0.05) is 18.2 Å². The van der Waals surface area contributed by atoms with Gasteiger partial charge in [0.15, 0.2) is 11.5 Å². The molecular formula is C21H24O8. The molecule has 0 spiro atoms. The second-order valence-corrected chi connectivity index (χ2v) is 6.87. The van der Waals surface area contributed by atoms with Gasteiger partial charge in [0, 0.05) is 0 Å². The summed E-state index contributed by atoms with van der Waals surface area (Å²) < 4.78 is 10.6. The van der Waals surface area contributed by atoms with Crippen LogP contribution in [0.5, 0.6) is 17.2 Å². The molecule has 0 bridgehead atoms. The Balaban J connectivity index is 1.88. The zero-order valence-corrected chi connectivity index (χ0v) is 15.7. The van der Waals surface area contributed by atoms with E-state index in [9.17, 15) is 30.6 Å². The number of phenols is 2. The molecule has 2 aromatic carbocycles. The lowest BCUT2D eigenvalue weighted by atomic mass is 9.90. The van der Waals surface area contributed by atoms with E-state index in [1.54, 1.807) is 30.4 Å². The van der Waals surface area contributed by atoms with Crippen molar-refractivity contribution >= 4 is 12.2 Å². The maximum Gasteiger partial charge on any atom is 0.161 e. The van der Waals surface area contributed by atoms with Gasteiger partial charge in [0.2, 0.25) is 0 Å². The van der Waals surface area contributed by atoms with Gasteiger partial charge in [-0.15, -0.1) is 0 Å². The van der Waals surface area contributed by atoms with Crippen molar-refractivity contribution in [1.29, 1.82) is 0 Å². The second kappa shape index (κ2) is 8.81. The molecule has 0 radical (unpaired) electrons. The third-order valence-electron chi connectivity index (χ3n) is 4.86. The Morgan fingerprint density at radius 2 is 1.66 bits per heavy atom. The summed E-state index contributed by atoms with van der Waals surface area (Å²) in [5.74, 6) is 0.263. The molecule has 0 amide bonds. The SMILES string of the molecule is COc1cc(/C=C\c2cc(O)cc([C@@H]3O[C@@H](CO)[C@@H](O)[C@@H](O)[C@H]3O)c2)ccc1O. The van der Waals surface area contributed by atoms with Crippen LogP contribution in [0, 0.1) is 0 Å². The summed E-state index contributed by atoms with van der Waals surface area (Å²) in [6.07, 6.45) is -3.02. The van der Waals surface area contributed by atoms with Crippen LogP contribution >= 0.6 is 0 Å². The largest absolute Gasteiger partial charge is 0.508 e. The average Bonchev–Trinajstić information content (AvgIpc) is 2.71. The quantitative estimate of drug-likeness (QED) is 0.402. The predicted molar refractivity (Wildman–Crippen MR) is 104 cm³/mol. The van der Waals surface area contributed by atoms with Crippen LogP contribution in [-0.2, 0) is 4.74 Å². The van der Waals surface area contributed by atoms with E-state index in [0.29, 0.717) is 16.9 Å². The molecule has 8 nitrogen and oxygen atoms in total. The van der Waals surface area contributed by atoms with Crippen molar-refractivity contribution in [2.24, 2.45) is 0 Å². The van der Waals surface area contributed by atoms with E-state index < -0.39 is 37.1 Å². The number of hydrogen-bond donors (Lipinski definition) is 6. The first-order valence-electron chi connectivity index (χ1n) is 9.03. The number of aliphatic hydroxyl groups is 4. The number of ether oxygens (including phenoxy) is 2. The van der Waals surface area contributed by atoms with Crippen LogP contribution in [0.4, 0.5) is 0 Å². The molecule has 1 aliphatic rings. The Hall–Kier alpha value is -2.62. The molecule has 1 heterocycles. The van der Waals surface area contributed by atoms with E-state index in [-0.39, 0.29) is 11.5 Å². The Morgan fingerprint density at radius 3 is 2.34 bits per heavy atom. The van der Waals surface area contributed by atoms with Crippen LogP contribution in [0.1, 0.15) is 22.8 Å². The summed E-state index contributed by atoms with van der Waals surface area (Å²) in [7, 11) is 1.45. The van der Waals surface area contributed by atoms with Gasteiger partial charge in [-0.05, 0) is 47.0 Å². The molecular weight excluding hydrogens is 380 g/mol. The van der Waals surface area contributed by atoms with Crippen molar-refractivity contribution < 1.29 is 40.1 Å².